The molecule has 0 aromatic heterocycles. The molecule has 0 atom stereocenters. The molecular formula is C17H26N2. The van der Waals surface area contributed by atoms with E-state index in [1.54, 1.807) is 0 Å². The van der Waals surface area contributed by atoms with Crippen molar-refractivity contribution in [2.75, 3.05) is 19.6 Å². The van der Waals surface area contributed by atoms with Crippen molar-refractivity contribution in [1.82, 2.24) is 4.90 Å². The van der Waals surface area contributed by atoms with Gasteiger partial charge in [0.25, 0.3) is 0 Å². The quantitative estimate of drug-likeness (QED) is 0.900. The lowest BCUT2D eigenvalue weighted by Gasteiger charge is -2.52. The van der Waals surface area contributed by atoms with Gasteiger partial charge in [-0.3, -0.25) is 4.90 Å². The minimum Gasteiger partial charge on any atom is -0.329 e. The Balaban J connectivity index is 1.52. The van der Waals surface area contributed by atoms with E-state index in [1.165, 1.54) is 57.2 Å². The van der Waals surface area contributed by atoms with Crippen molar-refractivity contribution in [3.63, 3.8) is 0 Å². The summed E-state index contributed by atoms with van der Waals surface area (Å²) in [6, 6.07) is 10.9. The molecule has 1 aliphatic heterocycles. The minimum absolute atomic E-state index is 0.387. The van der Waals surface area contributed by atoms with E-state index in [2.05, 4.69) is 35.2 Å². The van der Waals surface area contributed by atoms with Gasteiger partial charge in [0.15, 0.2) is 0 Å². The molecule has 2 aliphatic rings. The lowest BCUT2D eigenvalue weighted by Crippen LogP contribution is -2.60. The zero-order chi connectivity index (χ0) is 13.1. The Labute approximate surface area is 117 Å². The van der Waals surface area contributed by atoms with Gasteiger partial charge in [0.2, 0.25) is 0 Å². The highest BCUT2D eigenvalue weighted by Crippen LogP contribution is 2.39. The van der Waals surface area contributed by atoms with Crippen LogP contribution in [0.3, 0.4) is 0 Å². The predicted molar refractivity (Wildman–Crippen MR) is 80.1 cm³/mol. The molecule has 2 heteroatoms. The van der Waals surface area contributed by atoms with Crippen molar-refractivity contribution >= 4 is 0 Å². The zero-order valence-corrected chi connectivity index (χ0v) is 11.9. The number of nitrogens with two attached hydrogens (primary N) is 1. The number of nitrogens with zero attached hydrogens (tertiary/aromatic N) is 1. The fourth-order valence-electron chi connectivity index (χ4n) is 3.79. The van der Waals surface area contributed by atoms with Crippen LogP contribution in [-0.2, 0) is 6.42 Å². The number of likely N-dealkylation sites (tertiary alicyclic amines) is 1. The van der Waals surface area contributed by atoms with Gasteiger partial charge in [0.1, 0.15) is 0 Å². The molecule has 3 rings (SSSR count). The second-order valence-electron chi connectivity index (χ2n) is 6.40. The van der Waals surface area contributed by atoms with Crippen molar-refractivity contribution < 1.29 is 0 Å². The van der Waals surface area contributed by atoms with Crippen LogP contribution in [0.1, 0.15) is 37.7 Å². The molecule has 0 radical (unpaired) electrons. The Morgan fingerprint density at radius 1 is 1.11 bits per heavy atom. The Bertz CT molecular complexity index is 383. The molecule has 2 N–H and O–H groups in total. The van der Waals surface area contributed by atoms with Crippen molar-refractivity contribution in [1.29, 1.82) is 0 Å². The molecule has 1 saturated heterocycles. The third kappa shape index (κ3) is 2.70. The zero-order valence-electron chi connectivity index (χ0n) is 11.9. The second kappa shape index (κ2) is 5.64. The molecule has 19 heavy (non-hydrogen) atoms. The van der Waals surface area contributed by atoms with Gasteiger partial charge in [0.05, 0.1) is 0 Å². The van der Waals surface area contributed by atoms with Gasteiger partial charge in [0, 0.05) is 12.1 Å². The van der Waals surface area contributed by atoms with E-state index in [0.717, 1.165) is 12.5 Å². The summed E-state index contributed by atoms with van der Waals surface area (Å²) in [6.07, 6.45) is 7.97. The molecule has 1 aromatic carbocycles. The fourth-order valence-corrected chi connectivity index (χ4v) is 3.79. The first-order valence-electron chi connectivity index (χ1n) is 7.81. The monoisotopic (exact) mass is 258 g/mol. The van der Waals surface area contributed by atoms with Gasteiger partial charge in [-0.15, -0.1) is 0 Å². The topological polar surface area (TPSA) is 29.3 Å². The van der Waals surface area contributed by atoms with Crippen LogP contribution in [0.4, 0.5) is 0 Å². The van der Waals surface area contributed by atoms with Crippen molar-refractivity contribution in [2.45, 2.75) is 44.1 Å². The Kier molecular flexibility index (Phi) is 3.90. The van der Waals surface area contributed by atoms with E-state index in [1.807, 2.05) is 0 Å². The number of hydrogen-bond acceptors (Lipinski definition) is 2. The molecule has 0 spiro atoms. The van der Waals surface area contributed by atoms with Crippen LogP contribution in [0.2, 0.25) is 0 Å². The van der Waals surface area contributed by atoms with E-state index in [9.17, 15) is 0 Å². The average Bonchev–Trinajstić information content (AvgIpc) is 2.41. The molecule has 1 saturated carbocycles. The third-order valence-corrected chi connectivity index (χ3v) is 5.32. The van der Waals surface area contributed by atoms with E-state index in [0.29, 0.717) is 5.54 Å². The van der Waals surface area contributed by atoms with Crippen molar-refractivity contribution in [3.8, 4) is 0 Å². The summed E-state index contributed by atoms with van der Waals surface area (Å²) in [4.78, 5) is 2.69. The van der Waals surface area contributed by atoms with E-state index in [-0.39, 0.29) is 0 Å². The summed E-state index contributed by atoms with van der Waals surface area (Å²) in [5.41, 5.74) is 7.90. The largest absolute Gasteiger partial charge is 0.329 e. The fraction of sp³-hybridized carbons (Fsp3) is 0.647. The Morgan fingerprint density at radius 2 is 1.79 bits per heavy atom. The normalized spacial score (nSPS) is 24.1. The molecule has 2 nitrogen and oxygen atoms in total. The van der Waals surface area contributed by atoms with Crippen molar-refractivity contribution in [2.24, 2.45) is 11.7 Å². The van der Waals surface area contributed by atoms with E-state index in [4.69, 9.17) is 5.73 Å². The van der Waals surface area contributed by atoms with Gasteiger partial charge >= 0.3 is 0 Å². The number of piperidine rings is 1. The number of benzene rings is 1. The van der Waals surface area contributed by atoms with Gasteiger partial charge in [-0.25, -0.2) is 0 Å². The minimum atomic E-state index is 0.387. The molecule has 1 aromatic rings. The lowest BCUT2D eigenvalue weighted by atomic mass is 9.74. The maximum absolute atomic E-state index is 6.02. The Morgan fingerprint density at radius 3 is 2.32 bits per heavy atom. The van der Waals surface area contributed by atoms with Crippen LogP contribution in [0.25, 0.3) is 0 Å². The van der Waals surface area contributed by atoms with Gasteiger partial charge in [-0.2, -0.15) is 0 Å². The highest BCUT2D eigenvalue weighted by atomic mass is 15.2. The third-order valence-electron chi connectivity index (χ3n) is 5.32. The summed E-state index contributed by atoms with van der Waals surface area (Å²) in [6.45, 7) is 3.37. The van der Waals surface area contributed by atoms with Crippen LogP contribution in [-0.4, -0.2) is 30.1 Å². The summed E-state index contributed by atoms with van der Waals surface area (Å²) in [5, 5.41) is 0. The molecule has 0 bridgehead atoms. The maximum atomic E-state index is 6.02. The average molecular weight is 258 g/mol. The molecular weight excluding hydrogens is 232 g/mol. The van der Waals surface area contributed by atoms with Crippen LogP contribution < -0.4 is 5.73 Å². The molecule has 0 unspecified atom stereocenters. The van der Waals surface area contributed by atoms with Gasteiger partial charge in [-0.1, -0.05) is 30.3 Å². The summed E-state index contributed by atoms with van der Waals surface area (Å²) < 4.78 is 0. The van der Waals surface area contributed by atoms with Crippen LogP contribution in [0.5, 0.6) is 0 Å². The Hall–Kier alpha value is -0.860. The first-order chi connectivity index (χ1) is 9.32. The van der Waals surface area contributed by atoms with Crippen molar-refractivity contribution in [3.05, 3.63) is 35.9 Å². The lowest BCUT2D eigenvalue weighted by molar-refractivity contribution is -0.00180. The molecule has 1 aliphatic carbocycles. The molecule has 0 amide bonds. The SMILES string of the molecule is NCC1(N2CCC(Cc3ccccc3)CC2)CCC1. The van der Waals surface area contributed by atoms with Crippen LogP contribution in [0.15, 0.2) is 30.3 Å². The van der Waals surface area contributed by atoms with E-state index >= 15 is 0 Å². The van der Waals surface area contributed by atoms with Crippen LogP contribution >= 0.6 is 0 Å². The number of hydrogen-bond donors (Lipinski definition) is 1. The smallest absolute Gasteiger partial charge is 0.0331 e. The first-order valence-corrected chi connectivity index (χ1v) is 7.81. The first kappa shape index (κ1) is 13.1. The summed E-state index contributed by atoms with van der Waals surface area (Å²) in [7, 11) is 0. The number of rotatable bonds is 4. The second-order valence-corrected chi connectivity index (χ2v) is 6.40. The molecule has 2 fully saturated rings. The highest BCUT2D eigenvalue weighted by molar-refractivity contribution is 5.15. The van der Waals surface area contributed by atoms with Crippen LogP contribution in [0, 0.1) is 5.92 Å². The van der Waals surface area contributed by atoms with Gasteiger partial charge in [-0.05, 0) is 63.1 Å². The predicted octanol–water partition coefficient (Wildman–Crippen LogP) is 2.82. The van der Waals surface area contributed by atoms with Gasteiger partial charge < -0.3 is 5.73 Å². The molecule has 104 valence electrons. The maximum Gasteiger partial charge on any atom is 0.0331 e. The van der Waals surface area contributed by atoms with E-state index < -0.39 is 0 Å². The standard InChI is InChI=1S/C17H26N2/c18-14-17(9-4-10-17)19-11-7-16(8-12-19)13-15-5-2-1-3-6-15/h1-3,5-6,16H,4,7-14,18H2. The summed E-state index contributed by atoms with van der Waals surface area (Å²) >= 11 is 0. The molecule has 1 heterocycles. The highest BCUT2D eigenvalue weighted by Gasteiger charge is 2.42. The summed E-state index contributed by atoms with van der Waals surface area (Å²) in [5.74, 6) is 0.869.